The summed E-state index contributed by atoms with van der Waals surface area (Å²) in [5.74, 6) is 0.448. The van der Waals surface area contributed by atoms with Crippen LogP contribution in [0.25, 0.3) is 0 Å². The Bertz CT molecular complexity index is 787. The fourth-order valence-electron chi connectivity index (χ4n) is 3.20. The lowest BCUT2D eigenvalue weighted by Crippen LogP contribution is -2.44. The number of carbonyl (C=O) groups is 1. The third kappa shape index (κ3) is 12.9. The van der Waals surface area contributed by atoms with Crippen molar-refractivity contribution in [1.82, 2.24) is 4.90 Å². The molecule has 0 aromatic carbocycles. The molecule has 0 saturated heterocycles. The van der Waals surface area contributed by atoms with Crippen LogP contribution in [0.2, 0.25) is 54.4 Å². The van der Waals surface area contributed by atoms with Crippen LogP contribution in [0.3, 0.4) is 0 Å². The topological polar surface area (TPSA) is 48.0 Å². The molecule has 0 saturated carbocycles. The van der Waals surface area contributed by atoms with Crippen LogP contribution in [-0.4, -0.2) is 69.7 Å². The molecule has 0 fully saturated rings. The molecule has 0 bridgehead atoms. The van der Waals surface area contributed by atoms with Gasteiger partial charge in [-0.3, -0.25) is 4.79 Å². The average Bonchev–Trinajstić information content (AvgIpc) is 2.75. The Morgan fingerprint density at radius 3 is 1.43 bits per heavy atom. The minimum Gasteiger partial charge on any atom is -0.416 e. The van der Waals surface area contributed by atoms with E-state index in [0.29, 0.717) is 26.2 Å². The van der Waals surface area contributed by atoms with Crippen LogP contribution in [0.5, 0.6) is 0 Å². The van der Waals surface area contributed by atoms with Gasteiger partial charge < -0.3 is 18.2 Å². The average molecular weight is 616 g/mol. The molecule has 5 nitrogen and oxygen atoms in total. The van der Waals surface area contributed by atoms with Crippen molar-refractivity contribution >= 4 is 30.9 Å². The van der Waals surface area contributed by atoms with Crippen LogP contribution in [0.1, 0.15) is 88.5 Å². The molecule has 40 heavy (non-hydrogen) atoms. The lowest BCUT2D eigenvalue weighted by atomic mass is 9.85. The van der Waals surface area contributed by atoms with Crippen molar-refractivity contribution in [2.24, 2.45) is 11.3 Å². The van der Waals surface area contributed by atoms with Crippen LogP contribution < -0.4 is 0 Å². The summed E-state index contributed by atoms with van der Waals surface area (Å²) in [7, 11) is -1.99. The van der Waals surface area contributed by atoms with Crippen molar-refractivity contribution in [3.05, 3.63) is 12.2 Å². The van der Waals surface area contributed by atoms with E-state index in [4.69, 9.17) is 13.3 Å². The first-order valence-corrected chi connectivity index (χ1v) is 24.1. The van der Waals surface area contributed by atoms with Gasteiger partial charge in [0, 0.05) is 51.7 Å². The number of nitrogens with zero attached hydrogens (tertiary/aromatic N) is 1. The first-order valence-electron chi connectivity index (χ1n) is 15.4. The Balaban J connectivity index is 5.92. The van der Waals surface area contributed by atoms with Gasteiger partial charge >= 0.3 is 0 Å². The molecule has 0 aromatic heterocycles. The fraction of sp³-hybridized carbons (Fsp3) is 0.906. The molecule has 0 aliphatic heterocycles. The van der Waals surface area contributed by atoms with E-state index < -0.39 is 25.0 Å². The quantitative estimate of drug-likeness (QED) is 0.136. The predicted octanol–water partition coefficient (Wildman–Crippen LogP) is 9.49. The molecule has 0 N–H and O–H groups in total. The molecule has 0 heterocycles. The van der Waals surface area contributed by atoms with Gasteiger partial charge in [-0.1, -0.05) is 81.4 Å². The van der Waals surface area contributed by atoms with Gasteiger partial charge in [-0.2, -0.15) is 0 Å². The van der Waals surface area contributed by atoms with E-state index in [1.165, 1.54) is 0 Å². The number of rotatable bonds is 15. The highest BCUT2D eigenvalue weighted by atomic mass is 28.4. The summed E-state index contributed by atoms with van der Waals surface area (Å²) in [5, 5.41) is 0.489. The molecule has 0 aromatic rings. The normalized spacial score (nSPS) is 16.1. The van der Waals surface area contributed by atoms with E-state index in [0.717, 1.165) is 12.8 Å². The Labute approximate surface area is 253 Å². The zero-order valence-electron chi connectivity index (χ0n) is 30.1. The summed E-state index contributed by atoms with van der Waals surface area (Å²) < 4.78 is 20.1. The molecular formula is C32H69NO4Si3. The minimum absolute atomic E-state index is 0.143. The molecule has 0 radical (unpaired) electrons. The Kier molecular flexibility index (Phi) is 14.4. The molecular weight excluding hydrogens is 547 g/mol. The second-order valence-electron chi connectivity index (χ2n) is 17.1. The number of carbonyl (C=O) groups excluding carboxylic acids is 1. The number of amides is 1. The lowest BCUT2D eigenvalue weighted by molar-refractivity contribution is -0.129. The summed E-state index contributed by atoms with van der Waals surface area (Å²) in [6, 6.07) is 0. The highest BCUT2D eigenvalue weighted by Gasteiger charge is 2.40. The summed E-state index contributed by atoms with van der Waals surface area (Å²) in [6.45, 7) is 38.8. The minimum atomic E-state index is -1.92. The van der Waals surface area contributed by atoms with Crippen molar-refractivity contribution in [1.29, 1.82) is 0 Å². The van der Waals surface area contributed by atoms with Gasteiger partial charge in [-0.15, -0.1) is 0 Å². The van der Waals surface area contributed by atoms with Crippen molar-refractivity contribution in [2.75, 3.05) is 33.9 Å². The predicted molar refractivity (Wildman–Crippen MR) is 183 cm³/mol. The van der Waals surface area contributed by atoms with Gasteiger partial charge in [-0.05, 0) is 67.2 Å². The maximum Gasteiger partial charge on any atom is 0.222 e. The molecule has 1 amide bonds. The van der Waals surface area contributed by atoms with E-state index >= 15 is 0 Å². The third-order valence-corrected chi connectivity index (χ3v) is 23.4. The first kappa shape index (κ1) is 39.7. The Hall–Kier alpha value is -0.259. The van der Waals surface area contributed by atoms with Crippen molar-refractivity contribution in [3.8, 4) is 0 Å². The maximum atomic E-state index is 12.5. The van der Waals surface area contributed by atoms with Gasteiger partial charge in [0.1, 0.15) is 0 Å². The highest BCUT2D eigenvalue weighted by Crippen LogP contribution is 2.40. The summed E-state index contributed by atoms with van der Waals surface area (Å²) in [6.07, 6.45) is 6.79. The van der Waals surface area contributed by atoms with E-state index in [2.05, 4.69) is 121 Å². The van der Waals surface area contributed by atoms with Gasteiger partial charge in [-0.25, -0.2) is 0 Å². The molecule has 8 heteroatoms. The van der Waals surface area contributed by atoms with Gasteiger partial charge in [0.05, 0.1) is 0 Å². The van der Waals surface area contributed by atoms with Gasteiger partial charge in [0.25, 0.3) is 0 Å². The van der Waals surface area contributed by atoms with Crippen LogP contribution in [0.15, 0.2) is 12.2 Å². The molecule has 238 valence electrons. The van der Waals surface area contributed by atoms with Gasteiger partial charge in [0.2, 0.25) is 5.91 Å². The lowest BCUT2D eigenvalue weighted by Gasteiger charge is -2.40. The standard InChI is InChI=1S/C32H69NO4Si3/c1-29(2,3)38(13,14)35-24-27(25-36-39(15,16)30(4,5)6)20-19-22-32(10,23-21-28(34)33(11)12)26-37-40(17,18)31(7,8)9/h19,22,27H,20-21,23-26H2,1-18H3/b22-19+/t32-/m1/s1. The zero-order chi connectivity index (χ0) is 32.0. The SMILES string of the molecule is CN(C)C(=O)CC[C@@](C)(/C=C/CC(CO[Si](C)(C)C(C)(C)C)CO[Si](C)(C)C(C)(C)C)CO[Si](C)(C)C(C)(C)C. The molecule has 1 atom stereocenters. The molecule has 0 spiro atoms. The van der Waals surface area contributed by atoms with Crippen LogP contribution in [0.4, 0.5) is 0 Å². The summed E-state index contributed by atoms with van der Waals surface area (Å²) >= 11 is 0. The summed E-state index contributed by atoms with van der Waals surface area (Å²) in [5.41, 5.74) is -0.216. The zero-order valence-corrected chi connectivity index (χ0v) is 33.1. The third-order valence-electron chi connectivity index (χ3n) is 9.94. The van der Waals surface area contributed by atoms with E-state index in [-0.39, 0.29) is 32.4 Å². The van der Waals surface area contributed by atoms with Crippen LogP contribution in [0, 0.1) is 11.3 Å². The molecule has 0 unspecified atom stereocenters. The molecule has 0 rings (SSSR count). The van der Waals surface area contributed by atoms with Gasteiger partial charge in [0.15, 0.2) is 25.0 Å². The van der Waals surface area contributed by atoms with Crippen LogP contribution in [-0.2, 0) is 18.1 Å². The van der Waals surface area contributed by atoms with Crippen LogP contribution >= 0.6 is 0 Å². The highest BCUT2D eigenvalue weighted by molar-refractivity contribution is 6.74. The number of hydrogen-bond acceptors (Lipinski definition) is 4. The van der Waals surface area contributed by atoms with E-state index in [9.17, 15) is 4.79 Å². The Morgan fingerprint density at radius 1 is 0.700 bits per heavy atom. The summed E-state index contributed by atoms with van der Waals surface area (Å²) in [4.78, 5) is 14.2. The fourth-order valence-corrected chi connectivity index (χ4v) is 6.49. The maximum absolute atomic E-state index is 12.5. The van der Waals surface area contributed by atoms with E-state index in [1.807, 2.05) is 14.1 Å². The second kappa shape index (κ2) is 14.5. The monoisotopic (exact) mass is 615 g/mol. The Morgan fingerprint density at radius 2 is 1.07 bits per heavy atom. The second-order valence-corrected chi connectivity index (χ2v) is 31.6. The molecule has 0 aliphatic carbocycles. The number of allylic oxidation sites excluding steroid dienone is 1. The first-order chi connectivity index (χ1) is 17.6. The number of hydrogen-bond donors (Lipinski definition) is 0. The molecule has 0 aliphatic rings. The van der Waals surface area contributed by atoms with Crippen molar-refractivity contribution in [3.63, 3.8) is 0 Å². The van der Waals surface area contributed by atoms with Crippen molar-refractivity contribution < 1.29 is 18.1 Å². The van der Waals surface area contributed by atoms with E-state index in [1.54, 1.807) is 4.90 Å². The smallest absolute Gasteiger partial charge is 0.222 e. The largest absolute Gasteiger partial charge is 0.416 e. The van der Waals surface area contributed by atoms with Crippen molar-refractivity contribution in [2.45, 2.75) is 143 Å².